The third-order valence-corrected chi connectivity index (χ3v) is 4.02. The molecule has 0 bridgehead atoms. The molecule has 1 atom stereocenters. The second kappa shape index (κ2) is 7.64. The highest BCUT2D eigenvalue weighted by Crippen LogP contribution is 2.13. The standard InChI is InChI=1S/C15H22BrN3O/c1-17-15(19(2)10-13-7-8-20-11-13)18-9-12-3-5-14(16)6-4-12/h3-6,13H,7-11H2,1-2H3,(H,17,18). The van der Waals surface area contributed by atoms with E-state index in [1.807, 2.05) is 7.05 Å². The average molecular weight is 340 g/mol. The van der Waals surface area contributed by atoms with Gasteiger partial charge in [-0.3, -0.25) is 4.99 Å². The van der Waals surface area contributed by atoms with Crippen LogP contribution in [0.3, 0.4) is 0 Å². The van der Waals surface area contributed by atoms with Gasteiger partial charge in [-0.25, -0.2) is 0 Å². The molecule has 1 aliphatic heterocycles. The van der Waals surface area contributed by atoms with Crippen LogP contribution in [0.5, 0.6) is 0 Å². The first kappa shape index (κ1) is 15.3. The van der Waals surface area contributed by atoms with Gasteiger partial charge in [0.1, 0.15) is 0 Å². The van der Waals surface area contributed by atoms with E-state index in [0.29, 0.717) is 5.92 Å². The highest BCUT2D eigenvalue weighted by Gasteiger charge is 2.18. The zero-order valence-corrected chi connectivity index (χ0v) is 13.7. The van der Waals surface area contributed by atoms with Gasteiger partial charge in [0.25, 0.3) is 0 Å². The van der Waals surface area contributed by atoms with Crippen molar-refractivity contribution < 1.29 is 4.74 Å². The maximum atomic E-state index is 5.42. The molecule has 20 heavy (non-hydrogen) atoms. The molecule has 1 unspecified atom stereocenters. The van der Waals surface area contributed by atoms with E-state index in [-0.39, 0.29) is 0 Å². The summed E-state index contributed by atoms with van der Waals surface area (Å²) in [4.78, 5) is 6.52. The fourth-order valence-electron chi connectivity index (χ4n) is 2.37. The molecule has 5 heteroatoms. The van der Waals surface area contributed by atoms with Crippen LogP contribution in [0, 0.1) is 5.92 Å². The van der Waals surface area contributed by atoms with Crippen molar-refractivity contribution in [1.29, 1.82) is 0 Å². The summed E-state index contributed by atoms with van der Waals surface area (Å²) in [5.41, 5.74) is 1.24. The molecule has 1 N–H and O–H groups in total. The predicted octanol–water partition coefficient (Wildman–Crippen LogP) is 2.49. The molecule has 1 aromatic rings. The van der Waals surface area contributed by atoms with Crippen LogP contribution in [0.15, 0.2) is 33.7 Å². The Bertz CT molecular complexity index is 441. The van der Waals surface area contributed by atoms with Crippen molar-refractivity contribution in [3.63, 3.8) is 0 Å². The summed E-state index contributed by atoms with van der Waals surface area (Å²) in [6, 6.07) is 8.32. The van der Waals surface area contributed by atoms with Crippen molar-refractivity contribution in [1.82, 2.24) is 10.2 Å². The Labute approximate surface area is 129 Å². The fourth-order valence-corrected chi connectivity index (χ4v) is 2.63. The van der Waals surface area contributed by atoms with Gasteiger partial charge in [-0.2, -0.15) is 0 Å². The number of nitrogens with zero attached hydrogens (tertiary/aromatic N) is 2. The van der Waals surface area contributed by atoms with Gasteiger partial charge in [0.15, 0.2) is 5.96 Å². The van der Waals surface area contributed by atoms with Gasteiger partial charge in [-0.1, -0.05) is 28.1 Å². The van der Waals surface area contributed by atoms with Gasteiger partial charge in [0, 0.05) is 44.2 Å². The van der Waals surface area contributed by atoms with Crippen LogP contribution in [-0.4, -0.2) is 44.7 Å². The lowest BCUT2D eigenvalue weighted by molar-refractivity contribution is 0.181. The molecule has 4 nitrogen and oxygen atoms in total. The van der Waals surface area contributed by atoms with E-state index in [0.717, 1.165) is 43.2 Å². The Kier molecular flexibility index (Phi) is 5.86. The summed E-state index contributed by atoms with van der Waals surface area (Å²) in [5, 5.41) is 3.40. The highest BCUT2D eigenvalue weighted by molar-refractivity contribution is 9.10. The molecule has 0 radical (unpaired) electrons. The van der Waals surface area contributed by atoms with Crippen LogP contribution in [-0.2, 0) is 11.3 Å². The first-order chi connectivity index (χ1) is 9.69. The number of benzene rings is 1. The number of nitrogens with one attached hydrogen (secondary N) is 1. The van der Waals surface area contributed by atoms with Crippen molar-refractivity contribution in [3.8, 4) is 0 Å². The van der Waals surface area contributed by atoms with E-state index in [1.165, 1.54) is 5.56 Å². The Balaban J connectivity index is 1.83. The zero-order chi connectivity index (χ0) is 14.4. The third kappa shape index (κ3) is 4.49. The molecule has 0 saturated carbocycles. The molecular weight excluding hydrogens is 318 g/mol. The van der Waals surface area contributed by atoms with Crippen molar-refractivity contribution in [2.45, 2.75) is 13.0 Å². The maximum absolute atomic E-state index is 5.42. The van der Waals surface area contributed by atoms with E-state index in [2.05, 4.69) is 62.5 Å². The molecular formula is C15H22BrN3O. The number of hydrogen-bond donors (Lipinski definition) is 1. The Morgan fingerprint density at radius 2 is 2.20 bits per heavy atom. The van der Waals surface area contributed by atoms with Gasteiger partial charge in [0.05, 0.1) is 6.61 Å². The Morgan fingerprint density at radius 1 is 1.45 bits per heavy atom. The van der Waals surface area contributed by atoms with E-state index in [9.17, 15) is 0 Å². The summed E-state index contributed by atoms with van der Waals surface area (Å²) >= 11 is 3.45. The predicted molar refractivity (Wildman–Crippen MR) is 85.9 cm³/mol. The van der Waals surface area contributed by atoms with Crippen LogP contribution in [0.25, 0.3) is 0 Å². The number of aliphatic imine (C=N–C) groups is 1. The van der Waals surface area contributed by atoms with Crippen LogP contribution in [0.2, 0.25) is 0 Å². The molecule has 1 heterocycles. The Morgan fingerprint density at radius 3 is 2.80 bits per heavy atom. The van der Waals surface area contributed by atoms with Crippen molar-refractivity contribution >= 4 is 21.9 Å². The molecule has 2 rings (SSSR count). The molecule has 1 aliphatic rings. The summed E-state index contributed by atoms with van der Waals surface area (Å²) in [6.45, 7) is 3.53. The number of rotatable bonds is 4. The van der Waals surface area contributed by atoms with E-state index in [4.69, 9.17) is 4.74 Å². The minimum Gasteiger partial charge on any atom is -0.381 e. The van der Waals surface area contributed by atoms with Gasteiger partial charge >= 0.3 is 0 Å². The first-order valence-electron chi connectivity index (χ1n) is 6.93. The minimum atomic E-state index is 0.617. The summed E-state index contributed by atoms with van der Waals surface area (Å²) in [7, 11) is 3.90. The molecule has 0 spiro atoms. The van der Waals surface area contributed by atoms with Gasteiger partial charge in [-0.05, 0) is 24.1 Å². The normalized spacial score (nSPS) is 19.1. The number of ether oxygens (including phenoxy) is 1. The quantitative estimate of drug-likeness (QED) is 0.676. The van der Waals surface area contributed by atoms with E-state index < -0.39 is 0 Å². The lowest BCUT2D eigenvalue weighted by atomic mass is 10.1. The topological polar surface area (TPSA) is 36.9 Å². The molecule has 1 saturated heterocycles. The minimum absolute atomic E-state index is 0.617. The van der Waals surface area contributed by atoms with Crippen LogP contribution < -0.4 is 5.32 Å². The van der Waals surface area contributed by atoms with Crippen LogP contribution >= 0.6 is 15.9 Å². The largest absolute Gasteiger partial charge is 0.381 e. The van der Waals surface area contributed by atoms with Gasteiger partial charge < -0.3 is 15.0 Å². The molecule has 1 fully saturated rings. The smallest absolute Gasteiger partial charge is 0.193 e. The monoisotopic (exact) mass is 339 g/mol. The maximum Gasteiger partial charge on any atom is 0.193 e. The second-order valence-electron chi connectivity index (χ2n) is 5.14. The summed E-state index contributed by atoms with van der Waals surface area (Å²) in [5.74, 6) is 1.55. The van der Waals surface area contributed by atoms with Gasteiger partial charge in [-0.15, -0.1) is 0 Å². The number of hydrogen-bond acceptors (Lipinski definition) is 2. The molecule has 110 valence electrons. The summed E-state index contributed by atoms with van der Waals surface area (Å²) in [6.07, 6.45) is 1.15. The Hall–Kier alpha value is -1.07. The SMILES string of the molecule is CN=C(NCc1ccc(Br)cc1)N(C)CC1CCOC1. The van der Waals surface area contributed by atoms with Crippen molar-refractivity contribution in [3.05, 3.63) is 34.3 Å². The third-order valence-electron chi connectivity index (χ3n) is 3.49. The van der Waals surface area contributed by atoms with Crippen molar-refractivity contribution in [2.75, 3.05) is 33.9 Å². The molecule has 0 aromatic heterocycles. The second-order valence-corrected chi connectivity index (χ2v) is 6.05. The first-order valence-corrected chi connectivity index (χ1v) is 7.72. The van der Waals surface area contributed by atoms with Gasteiger partial charge in [0.2, 0.25) is 0 Å². The molecule has 1 aromatic carbocycles. The van der Waals surface area contributed by atoms with Crippen LogP contribution in [0.1, 0.15) is 12.0 Å². The highest BCUT2D eigenvalue weighted by atomic mass is 79.9. The lowest BCUT2D eigenvalue weighted by Crippen LogP contribution is -2.41. The number of halogens is 1. The number of guanidine groups is 1. The fraction of sp³-hybridized carbons (Fsp3) is 0.533. The van der Waals surface area contributed by atoms with Crippen LogP contribution in [0.4, 0.5) is 0 Å². The summed E-state index contributed by atoms with van der Waals surface area (Å²) < 4.78 is 6.52. The average Bonchev–Trinajstić information content (AvgIpc) is 2.94. The zero-order valence-electron chi connectivity index (χ0n) is 12.1. The lowest BCUT2D eigenvalue weighted by Gasteiger charge is -2.24. The van der Waals surface area contributed by atoms with Crippen molar-refractivity contribution in [2.24, 2.45) is 10.9 Å². The molecule has 0 amide bonds. The molecule has 0 aliphatic carbocycles. The van der Waals surface area contributed by atoms with E-state index in [1.54, 1.807) is 0 Å². The van der Waals surface area contributed by atoms with E-state index >= 15 is 0 Å².